The van der Waals surface area contributed by atoms with Crippen molar-refractivity contribution in [2.75, 3.05) is 26.2 Å². The lowest BCUT2D eigenvalue weighted by molar-refractivity contribution is -0.243. The van der Waals surface area contributed by atoms with Crippen molar-refractivity contribution in [3.05, 3.63) is 0 Å². The Morgan fingerprint density at radius 2 is 1.50 bits per heavy atom. The predicted octanol–water partition coefficient (Wildman–Crippen LogP) is 0.117. The Morgan fingerprint density at radius 1 is 1.00 bits per heavy atom. The highest BCUT2D eigenvalue weighted by Crippen LogP contribution is 1.97. The summed E-state index contributed by atoms with van der Waals surface area (Å²) in [4.78, 5) is 26.3. The third-order valence-corrected chi connectivity index (χ3v) is 1.99. The van der Waals surface area contributed by atoms with Gasteiger partial charge in [0.2, 0.25) is 0 Å². The van der Waals surface area contributed by atoms with Gasteiger partial charge in [-0.1, -0.05) is 0 Å². The van der Waals surface area contributed by atoms with Crippen LogP contribution in [0.3, 0.4) is 0 Å². The molecule has 0 aromatic rings. The smallest absolute Gasteiger partial charge is 0.304 e. The average molecular weight is 235 g/mol. The second-order valence-electron chi connectivity index (χ2n) is 3.32. The van der Waals surface area contributed by atoms with Gasteiger partial charge in [0, 0.05) is 19.6 Å². The summed E-state index contributed by atoms with van der Waals surface area (Å²) < 4.78 is 0. The van der Waals surface area contributed by atoms with Crippen LogP contribution in [0, 0.1) is 0 Å². The lowest BCUT2D eigenvalue weighted by Crippen LogP contribution is -2.30. The van der Waals surface area contributed by atoms with E-state index in [2.05, 4.69) is 4.89 Å². The van der Waals surface area contributed by atoms with Crippen LogP contribution >= 0.6 is 0 Å². The minimum atomic E-state index is -0.918. The Kier molecular flexibility index (Phi) is 8.41. The van der Waals surface area contributed by atoms with E-state index in [1.807, 2.05) is 0 Å². The van der Waals surface area contributed by atoms with Crippen molar-refractivity contribution in [3.8, 4) is 0 Å². The number of carbonyl (C=O) groups is 2. The van der Waals surface area contributed by atoms with E-state index in [0.29, 0.717) is 26.1 Å². The molecule has 0 bridgehead atoms. The van der Waals surface area contributed by atoms with Gasteiger partial charge in [0.15, 0.2) is 0 Å². The van der Waals surface area contributed by atoms with Crippen molar-refractivity contribution in [1.29, 1.82) is 0 Å². The molecule has 3 N–H and O–H groups in total. The normalized spacial score (nSPS) is 10.6. The topological polar surface area (TPSA) is 107 Å². The van der Waals surface area contributed by atoms with Crippen LogP contribution in [0.15, 0.2) is 0 Å². The van der Waals surface area contributed by atoms with Gasteiger partial charge in [0.05, 0.1) is 19.4 Å². The van der Waals surface area contributed by atoms with Crippen LogP contribution in [0.25, 0.3) is 0 Å². The molecule has 94 valence electrons. The average Bonchev–Trinajstić information content (AvgIpc) is 2.21. The second kappa shape index (κ2) is 9.08. The van der Waals surface area contributed by atoms with Gasteiger partial charge in [-0.25, -0.2) is 4.89 Å². The minimum Gasteiger partial charge on any atom is -0.481 e. The molecule has 0 atom stereocenters. The molecule has 0 fully saturated rings. The van der Waals surface area contributed by atoms with E-state index in [1.165, 1.54) is 0 Å². The number of nitrogens with zero attached hydrogens (tertiary/aromatic N) is 1. The molecule has 0 amide bonds. The van der Waals surface area contributed by atoms with E-state index < -0.39 is 11.9 Å². The molecule has 0 aliphatic heterocycles. The number of carboxylic acid groups (broad SMARTS) is 2. The molecule has 0 unspecified atom stereocenters. The van der Waals surface area contributed by atoms with Gasteiger partial charge in [0.25, 0.3) is 0 Å². The summed E-state index contributed by atoms with van der Waals surface area (Å²) in [6, 6.07) is 0. The molecule has 0 saturated carbocycles. The standard InChI is InChI=1S/C9H17NO6/c11-8(12)2-5-10(4-1-7-16-15)6-3-9(13)14/h15H,1-7H2,(H,11,12)(H,13,14). The molecule has 0 saturated heterocycles. The van der Waals surface area contributed by atoms with Crippen molar-refractivity contribution in [2.24, 2.45) is 0 Å². The first-order chi connectivity index (χ1) is 7.56. The predicted molar refractivity (Wildman–Crippen MR) is 54.1 cm³/mol. The molecule has 0 spiro atoms. The SMILES string of the molecule is O=C(O)CCN(CCCOO)CCC(=O)O. The third kappa shape index (κ3) is 9.38. The van der Waals surface area contributed by atoms with E-state index in [-0.39, 0.29) is 19.4 Å². The van der Waals surface area contributed by atoms with Gasteiger partial charge in [-0.05, 0) is 6.42 Å². The van der Waals surface area contributed by atoms with Gasteiger partial charge < -0.3 is 15.1 Å². The van der Waals surface area contributed by atoms with Crippen molar-refractivity contribution >= 4 is 11.9 Å². The fourth-order valence-electron chi connectivity index (χ4n) is 1.20. The molecule has 0 aromatic heterocycles. The summed E-state index contributed by atoms with van der Waals surface area (Å²) in [5, 5.41) is 25.1. The lowest BCUT2D eigenvalue weighted by Gasteiger charge is -2.20. The van der Waals surface area contributed by atoms with Gasteiger partial charge in [-0.15, -0.1) is 0 Å². The zero-order chi connectivity index (χ0) is 12.4. The molecular formula is C9H17NO6. The summed E-state index contributed by atoms with van der Waals surface area (Å²) in [5.41, 5.74) is 0. The van der Waals surface area contributed by atoms with Crippen molar-refractivity contribution in [3.63, 3.8) is 0 Å². The maximum absolute atomic E-state index is 10.4. The monoisotopic (exact) mass is 235 g/mol. The molecule has 7 nitrogen and oxygen atoms in total. The van der Waals surface area contributed by atoms with Gasteiger partial charge >= 0.3 is 11.9 Å². The molecule has 0 radical (unpaired) electrons. The first-order valence-corrected chi connectivity index (χ1v) is 4.98. The summed E-state index contributed by atoms with van der Waals surface area (Å²) in [6.07, 6.45) is 0.467. The highest BCUT2D eigenvalue weighted by molar-refractivity contribution is 5.67. The number of aliphatic carboxylic acids is 2. The summed E-state index contributed by atoms with van der Waals surface area (Å²) in [7, 11) is 0. The number of hydrogen-bond acceptors (Lipinski definition) is 5. The van der Waals surface area contributed by atoms with Crippen molar-refractivity contribution < 1.29 is 29.9 Å². The minimum absolute atomic E-state index is 0.0282. The van der Waals surface area contributed by atoms with Gasteiger partial charge in [0.1, 0.15) is 0 Å². The largest absolute Gasteiger partial charge is 0.481 e. The zero-order valence-electron chi connectivity index (χ0n) is 8.96. The molecule has 0 aromatic carbocycles. The molecule has 7 heteroatoms. The quantitative estimate of drug-likeness (QED) is 0.280. The maximum Gasteiger partial charge on any atom is 0.304 e. The molecule has 0 rings (SSSR count). The van der Waals surface area contributed by atoms with Crippen LogP contribution in [0.5, 0.6) is 0 Å². The van der Waals surface area contributed by atoms with E-state index in [0.717, 1.165) is 0 Å². The van der Waals surface area contributed by atoms with Crippen LogP contribution in [0.1, 0.15) is 19.3 Å². The van der Waals surface area contributed by atoms with Crippen molar-refractivity contribution in [2.45, 2.75) is 19.3 Å². The van der Waals surface area contributed by atoms with Crippen LogP contribution in [-0.2, 0) is 14.5 Å². The Morgan fingerprint density at radius 3 is 1.88 bits per heavy atom. The van der Waals surface area contributed by atoms with E-state index >= 15 is 0 Å². The van der Waals surface area contributed by atoms with Crippen LogP contribution in [0.4, 0.5) is 0 Å². The molecule has 16 heavy (non-hydrogen) atoms. The number of rotatable bonds is 10. The number of carboxylic acids is 2. The fraction of sp³-hybridized carbons (Fsp3) is 0.778. The zero-order valence-corrected chi connectivity index (χ0v) is 8.96. The van der Waals surface area contributed by atoms with E-state index in [4.69, 9.17) is 15.5 Å². The Balaban J connectivity index is 3.84. The maximum atomic E-state index is 10.4. The van der Waals surface area contributed by atoms with Gasteiger partial charge in [-0.2, -0.15) is 0 Å². The Labute approximate surface area is 93.2 Å². The van der Waals surface area contributed by atoms with Crippen LogP contribution in [0.2, 0.25) is 0 Å². The third-order valence-electron chi connectivity index (χ3n) is 1.99. The van der Waals surface area contributed by atoms with Crippen LogP contribution in [-0.4, -0.2) is 58.5 Å². The van der Waals surface area contributed by atoms with E-state index in [1.54, 1.807) is 4.90 Å². The fourth-order valence-corrected chi connectivity index (χ4v) is 1.20. The Hall–Kier alpha value is -1.18. The van der Waals surface area contributed by atoms with Crippen molar-refractivity contribution in [1.82, 2.24) is 4.90 Å². The molecule has 0 aliphatic rings. The van der Waals surface area contributed by atoms with E-state index in [9.17, 15) is 9.59 Å². The summed E-state index contributed by atoms with van der Waals surface area (Å²) in [5.74, 6) is -1.84. The number of hydrogen-bond donors (Lipinski definition) is 3. The molecule has 0 aliphatic carbocycles. The highest BCUT2D eigenvalue weighted by Gasteiger charge is 2.09. The second-order valence-corrected chi connectivity index (χ2v) is 3.32. The summed E-state index contributed by atoms with van der Waals surface area (Å²) in [6.45, 7) is 1.25. The summed E-state index contributed by atoms with van der Waals surface area (Å²) >= 11 is 0. The van der Waals surface area contributed by atoms with Gasteiger partial charge in [-0.3, -0.25) is 14.8 Å². The first-order valence-electron chi connectivity index (χ1n) is 4.98. The highest BCUT2D eigenvalue weighted by atomic mass is 17.1. The van der Waals surface area contributed by atoms with Crippen LogP contribution < -0.4 is 0 Å². The first kappa shape index (κ1) is 14.8. The Bertz CT molecular complexity index is 202. The molecular weight excluding hydrogens is 218 g/mol. The lowest BCUT2D eigenvalue weighted by atomic mass is 10.3. The molecule has 0 heterocycles.